The molecule has 4 fully saturated rings. The zero-order valence-corrected chi connectivity index (χ0v) is 19.0. The number of hydrogen-bond acceptors (Lipinski definition) is 5. The average Bonchev–Trinajstić information content (AvgIpc) is 3.20. The van der Waals surface area contributed by atoms with E-state index in [2.05, 4.69) is 10.6 Å². The summed E-state index contributed by atoms with van der Waals surface area (Å²) in [5, 5.41) is 25.6. The Morgan fingerprint density at radius 3 is 2.74 bits per heavy atom. The normalized spacial score (nSPS) is 29.1. The van der Waals surface area contributed by atoms with Crippen LogP contribution in [0.1, 0.15) is 43.8 Å². The maximum Gasteiger partial charge on any atom is 0.256 e. The molecule has 0 spiro atoms. The van der Waals surface area contributed by atoms with Crippen LogP contribution in [0.15, 0.2) is 24.3 Å². The van der Waals surface area contributed by atoms with E-state index in [4.69, 9.17) is 11.6 Å². The number of amides is 3. The van der Waals surface area contributed by atoms with E-state index >= 15 is 0 Å². The van der Waals surface area contributed by atoms with Crippen LogP contribution in [-0.4, -0.2) is 58.3 Å². The molecule has 182 valence electrons. The van der Waals surface area contributed by atoms with Gasteiger partial charge in [0.2, 0.25) is 11.8 Å². The number of rotatable bonds is 6. The van der Waals surface area contributed by atoms with Crippen LogP contribution in [0, 0.1) is 23.2 Å². The quantitative estimate of drug-likeness (QED) is 0.557. The molecule has 1 aliphatic carbocycles. The predicted molar refractivity (Wildman–Crippen MR) is 116 cm³/mol. The van der Waals surface area contributed by atoms with E-state index < -0.39 is 60.2 Å². The lowest BCUT2D eigenvalue weighted by molar-refractivity contribution is -0.198. The number of nitrogens with one attached hydrogen (secondary N) is 2. The summed E-state index contributed by atoms with van der Waals surface area (Å²) in [5.74, 6) is -7.05. The largest absolute Gasteiger partial charge is 0.378 e. The van der Waals surface area contributed by atoms with E-state index in [9.17, 15) is 33.5 Å². The minimum Gasteiger partial charge on any atom is -0.378 e. The summed E-state index contributed by atoms with van der Waals surface area (Å²) in [6, 6.07) is 4.35. The minimum atomic E-state index is -3.17. The van der Waals surface area contributed by atoms with Gasteiger partial charge in [-0.25, -0.2) is 8.78 Å². The number of alkyl halides is 2. The molecule has 1 saturated carbocycles. The van der Waals surface area contributed by atoms with Crippen LogP contribution in [0.25, 0.3) is 0 Å². The Bertz CT molecular complexity index is 1030. The highest BCUT2D eigenvalue weighted by Crippen LogP contribution is 2.49. The molecule has 3 N–H and O–H groups in total. The van der Waals surface area contributed by atoms with Crippen LogP contribution in [-0.2, 0) is 14.4 Å². The lowest BCUT2D eigenvalue weighted by atomic mass is 9.71. The molecule has 34 heavy (non-hydrogen) atoms. The number of nitriles is 1. The van der Waals surface area contributed by atoms with Gasteiger partial charge in [-0.1, -0.05) is 23.7 Å². The zero-order chi connectivity index (χ0) is 24.6. The summed E-state index contributed by atoms with van der Waals surface area (Å²) in [4.78, 5) is 39.4. The molecule has 3 heterocycles. The van der Waals surface area contributed by atoms with E-state index in [1.165, 1.54) is 12.1 Å². The van der Waals surface area contributed by atoms with Gasteiger partial charge in [0, 0.05) is 29.9 Å². The molecule has 4 aliphatic rings. The monoisotopic (exact) mass is 494 g/mol. The fraction of sp³-hybridized carbons (Fsp3) is 0.565. The average molecular weight is 495 g/mol. The number of carbonyl (C=O) groups is 3. The Morgan fingerprint density at radius 2 is 2.12 bits per heavy atom. The highest BCUT2D eigenvalue weighted by Gasteiger charge is 2.61. The van der Waals surface area contributed by atoms with Crippen LogP contribution in [0.4, 0.5) is 8.78 Å². The summed E-state index contributed by atoms with van der Waals surface area (Å²) in [5.41, 5.74) is 0.187. The van der Waals surface area contributed by atoms with Crippen molar-refractivity contribution in [2.75, 3.05) is 6.54 Å². The molecule has 5 rings (SSSR count). The number of halogens is 3. The van der Waals surface area contributed by atoms with E-state index in [0.29, 0.717) is 13.0 Å². The van der Waals surface area contributed by atoms with Gasteiger partial charge in [-0.2, -0.15) is 5.26 Å². The third-order valence-electron chi connectivity index (χ3n) is 7.01. The number of hydrogen-bond donors (Lipinski definition) is 3. The minimum absolute atomic E-state index is 0.0368. The summed E-state index contributed by atoms with van der Waals surface area (Å²) >= 11 is 5.95. The summed E-state index contributed by atoms with van der Waals surface area (Å²) in [6.07, 6.45) is -1.41. The van der Waals surface area contributed by atoms with Crippen molar-refractivity contribution in [3.8, 4) is 6.07 Å². The number of piperidine rings is 2. The van der Waals surface area contributed by atoms with E-state index in [1.54, 1.807) is 12.1 Å². The highest BCUT2D eigenvalue weighted by atomic mass is 35.5. The van der Waals surface area contributed by atoms with Crippen molar-refractivity contribution in [1.82, 2.24) is 15.5 Å². The first-order valence-electron chi connectivity index (χ1n) is 11.2. The fourth-order valence-corrected chi connectivity index (χ4v) is 5.54. The molecule has 0 radical (unpaired) electrons. The van der Waals surface area contributed by atoms with Gasteiger partial charge in [0.1, 0.15) is 12.1 Å². The van der Waals surface area contributed by atoms with Crippen molar-refractivity contribution >= 4 is 29.3 Å². The van der Waals surface area contributed by atoms with Gasteiger partial charge in [0.05, 0.1) is 12.0 Å². The number of aliphatic hydroxyl groups is 1. The Labute approximate surface area is 200 Å². The number of fused-ring (bicyclic) bond motifs is 3. The smallest absolute Gasteiger partial charge is 0.256 e. The molecule has 0 unspecified atom stereocenters. The van der Waals surface area contributed by atoms with Crippen LogP contribution in [0.3, 0.4) is 0 Å². The maximum atomic E-state index is 14.8. The Morgan fingerprint density at radius 1 is 1.35 bits per heavy atom. The van der Waals surface area contributed by atoms with Gasteiger partial charge in [-0.15, -0.1) is 0 Å². The number of benzene rings is 1. The van der Waals surface area contributed by atoms with Crippen molar-refractivity contribution in [3.05, 3.63) is 34.9 Å². The van der Waals surface area contributed by atoms with Gasteiger partial charge in [-0.3, -0.25) is 14.4 Å². The first-order valence-corrected chi connectivity index (χ1v) is 11.6. The number of carbonyl (C=O) groups excluding carboxylic acids is 3. The number of aliphatic hydroxyl groups excluding tert-OH is 1. The first kappa shape index (κ1) is 24.4. The lowest BCUT2D eigenvalue weighted by Crippen LogP contribution is -2.69. The van der Waals surface area contributed by atoms with Crippen LogP contribution >= 0.6 is 11.6 Å². The van der Waals surface area contributed by atoms with Gasteiger partial charge in [0.15, 0.2) is 6.10 Å². The van der Waals surface area contributed by atoms with Gasteiger partial charge in [0.25, 0.3) is 11.8 Å². The second-order valence-electron chi connectivity index (χ2n) is 9.15. The van der Waals surface area contributed by atoms with E-state index in [0.717, 1.165) is 4.90 Å². The molecule has 11 heteroatoms. The SMILES string of the molecule is N#C[C@H](C[C@@H]1CCNC1=O)NC(=O)[C@H]1[C@@H]2CC[C@@H](CC2(F)F)N1C(=O)[C@@H](O)c1cccc(Cl)c1. The van der Waals surface area contributed by atoms with Crippen LogP contribution in [0.5, 0.6) is 0 Å². The van der Waals surface area contributed by atoms with Crippen molar-refractivity contribution in [2.24, 2.45) is 11.8 Å². The Balaban J connectivity index is 1.58. The molecule has 3 saturated heterocycles. The Kier molecular flexibility index (Phi) is 6.78. The molecule has 6 atom stereocenters. The second kappa shape index (κ2) is 9.47. The molecule has 1 aromatic carbocycles. The predicted octanol–water partition coefficient (Wildman–Crippen LogP) is 1.92. The topological polar surface area (TPSA) is 123 Å². The van der Waals surface area contributed by atoms with Crippen LogP contribution < -0.4 is 10.6 Å². The number of nitrogens with zero attached hydrogens (tertiary/aromatic N) is 2. The first-order chi connectivity index (χ1) is 16.1. The third kappa shape index (κ3) is 4.59. The molecule has 0 aromatic heterocycles. The summed E-state index contributed by atoms with van der Waals surface area (Å²) in [7, 11) is 0. The maximum absolute atomic E-state index is 14.8. The van der Waals surface area contributed by atoms with E-state index in [-0.39, 0.29) is 35.8 Å². The fourth-order valence-electron chi connectivity index (χ4n) is 5.34. The molecule has 3 aliphatic heterocycles. The molecule has 8 nitrogen and oxygen atoms in total. The zero-order valence-electron chi connectivity index (χ0n) is 18.2. The van der Waals surface area contributed by atoms with E-state index in [1.807, 2.05) is 6.07 Å². The van der Waals surface area contributed by atoms with Gasteiger partial charge < -0.3 is 20.6 Å². The van der Waals surface area contributed by atoms with Gasteiger partial charge >= 0.3 is 0 Å². The van der Waals surface area contributed by atoms with Crippen molar-refractivity contribution in [3.63, 3.8) is 0 Å². The standard InChI is InChI=1S/C23H25ClF2N4O4/c24-14-3-1-2-12(8-14)19(31)22(34)30-16-4-5-17(23(25,26)10-16)18(30)21(33)29-15(11-27)9-13-6-7-28-20(13)32/h1-3,8,13,15-19,31H,4-7,9-10H2,(H,28,32)(H,29,33)/t13-,15-,16-,17-,18+,19-/m0/s1. The van der Waals surface area contributed by atoms with Gasteiger partial charge in [-0.05, 0) is 43.4 Å². The molecule has 3 amide bonds. The van der Waals surface area contributed by atoms with Crippen molar-refractivity contribution in [1.29, 1.82) is 5.26 Å². The molecular formula is C23H25ClF2N4O4. The van der Waals surface area contributed by atoms with Crippen molar-refractivity contribution in [2.45, 2.75) is 62.3 Å². The lowest BCUT2D eigenvalue weighted by Gasteiger charge is -2.54. The Hall–Kier alpha value is -2.77. The summed E-state index contributed by atoms with van der Waals surface area (Å²) in [6.45, 7) is 0.470. The van der Waals surface area contributed by atoms with Crippen molar-refractivity contribution < 1.29 is 28.3 Å². The third-order valence-corrected chi connectivity index (χ3v) is 7.25. The molecular weight excluding hydrogens is 470 g/mol. The molecule has 1 aromatic rings. The molecule has 2 bridgehead atoms. The second-order valence-corrected chi connectivity index (χ2v) is 9.59. The van der Waals surface area contributed by atoms with Crippen LogP contribution in [0.2, 0.25) is 5.02 Å². The highest BCUT2D eigenvalue weighted by molar-refractivity contribution is 6.30. The summed E-state index contributed by atoms with van der Waals surface area (Å²) < 4.78 is 29.6.